The number of likely N-dealkylation sites (N-methyl/N-ethyl adjacent to an activating group) is 1. The summed E-state index contributed by atoms with van der Waals surface area (Å²) in [7, 11) is 3.97. The van der Waals surface area contributed by atoms with Crippen LogP contribution in [0.25, 0.3) is 0 Å². The number of carbonyl (C=O) groups is 1. The molecule has 0 aromatic heterocycles. The molecule has 0 bridgehead atoms. The van der Waals surface area contributed by atoms with Crippen molar-refractivity contribution in [3.8, 4) is 0 Å². The Kier molecular flexibility index (Phi) is 7.89. The molecule has 116 valence electrons. The molecule has 1 rings (SSSR count). The number of rotatable bonds is 9. The highest BCUT2D eigenvalue weighted by Crippen LogP contribution is 2.15. The van der Waals surface area contributed by atoms with E-state index in [9.17, 15) is 4.79 Å². The van der Waals surface area contributed by atoms with Gasteiger partial charge < -0.3 is 20.7 Å². The monoisotopic (exact) mass is 309 g/mol. The summed E-state index contributed by atoms with van der Waals surface area (Å²) in [4.78, 5) is 14.4. The summed E-state index contributed by atoms with van der Waals surface area (Å²) in [5.41, 5.74) is 6.49. The fraction of sp³-hybridized carbons (Fsp3) is 0.467. The number of amides is 1. The van der Waals surface area contributed by atoms with Crippen molar-refractivity contribution in [2.24, 2.45) is 5.73 Å². The van der Waals surface area contributed by atoms with E-state index in [1.807, 2.05) is 49.3 Å². The Bertz CT molecular complexity index is 451. The van der Waals surface area contributed by atoms with E-state index in [0.29, 0.717) is 19.8 Å². The van der Waals surface area contributed by atoms with Gasteiger partial charge in [-0.25, -0.2) is 0 Å². The number of benzene rings is 1. The Balaban J connectivity index is 2.40. The molecule has 0 aliphatic rings. The van der Waals surface area contributed by atoms with Crippen LogP contribution in [-0.4, -0.2) is 56.2 Å². The van der Waals surface area contributed by atoms with Crippen LogP contribution in [0.1, 0.15) is 11.5 Å². The molecule has 21 heavy (non-hydrogen) atoms. The van der Waals surface area contributed by atoms with E-state index in [4.69, 9.17) is 22.7 Å². The molecule has 6 heteroatoms. The first-order valence-corrected chi connectivity index (χ1v) is 7.27. The summed E-state index contributed by atoms with van der Waals surface area (Å²) < 4.78 is 5.42. The molecule has 1 unspecified atom stereocenters. The fourth-order valence-corrected chi connectivity index (χ4v) is 2.03. The molecule has 1 atom stereocenters. The second kappa shape index (κ2) is 9.44. The molecule has 3 N–H and O–H groups in total. The summed E-state index contributed by atoms with van der Waals surface area (Å²) in [6.45, 7) is 2.41. The average Bonchev–Trinajstić information content (AvgIpc) is 2.43. The van der Waals surface area contributed by atoms with Crippen molar-refractivity contribution in [2.45, 2.75) is 5.92 Å². The van der Waals surface area contributed by atoms with Gasteiger partial charge in [-0.3, -0.25) is 4.79 Å². The summed E-state index contributed by atoms with van der Waals surface area (Å²) in [6.07, 6.45) is 0. The van der Waals surface area contributed by atoms with E-state index in [1.165, 1.54) is 0 Å². The van der Waals surface area contributed by atoms with Crippen molar-refractivity contribution in [2.75, 3.05) is 40.4 Å². The highest BCUT2D eigenvalue weighted by atomic mass is 32.1. The molecule has 0 aliphatic carbocycles. The molecule has 5 nitrogen and oxygen atoms in total. The number of carbonyl (C=O) groups excluding carboxylic acids is 1. The van der Waals surface area contributed by atoms with Crippen molar-refractivity contribution < 1.29 is 9.53 Å². The molecule has 0 radical (unpaired) electrons. The average molecular weight is 309 g/mol. The van der Waals surface area contributed by atoms with Crippen molar-refractivity contribution >= 4 is 23.1 Å². The minimum absolute atomic E-state index is 0.173. The zero-order valence-electron chi connectivity index (χ0n) is 12.5. The lowest BCUT2D eigenvalue weighted by molar-refractivity contribution is -0.121. The highest BCUT2D eigenvalue weighted by molar-refractivity contribution is 7.80. The number of hydrogen-bond donors (Lipinski definition) is 2. The molecule has 1 aromatic carbocycles. The van der Waals surface area contributed by atoms with E-state index < -0.39 is 5.92 Å². The molecule has 0 aliphatic heterocycles. The Hall–Kier alpha value is -1.50. The third-order valence-electron chi connectivity index (χ3n) is 2.91. The third kappa shape index (κ3) is 6.66. The predicted octanol–water partition coefficient (Wildman–Crippen LogP) is 0.751. The molecule has 0 spiro atoms. The van der Waals surface area contributed by atoms with Crippen LogP contribution in [0.2, 0.25) is 0 Å². The van der Waals surface area contributed by atoms with Gasteiger partial charge in [-0.15, -0.1) is 0 Å². The molecular formula is C15H23N3O2S. The van der Waals surface area contributed by atoms with E-state index in [-0.39, 0.29) is 10.9 Å². The van der Waals surface area contributed by atoms with Gasteiger partial charge in [0, 0.05) is 13.1 Å². The van der Waals surface area contributed by atoms with Gasteiger partial charge >= 0.3 is 0 Å². The summed E-state index contributed by atoms with van der Waals surface area (Å²) in [5.74, 6) is -0.784. The van der Waals surface area contributed by atoms with Crippen LogP contribution in [0, 0.1) is 0 Å². The number of thiocarbonyl (C=S) groups is 1. The Morgan fingerprint density at radius 2 is 2.00 bits per heavy atom. The number of ether oxygens (including phenoxy) is 1. The lowest BCUT2D eigenvalue weighted by atomic mass is 9.98. The minimum Gasteiger partial charge on any atom is -0.392 e. The minimum atomic E-state index is -0.594. The number of nitrogens with zero attached hydrogens (tertiary/aromatic N) is 1. The predicted molar refractivity (Wildman–Crippen MR) is 88.4 cm³/mol. The van der Waals surface area contributed by atoms with E-state index in [1.54, 1.807) is 0 Å². The normalized spacial score (nSPS) is 12.1. The van der Waals surface area contributed by atoms with Gasteiger partial charge in [0.2, 0.25) is 5.91 Å². The number of nitrogens with two attached hydrogens (primary N) is 1. The standard InChI is InChI=1S/C15H23N3O2S/c1-18(2)9-11-20-10-8-17-15(19)13(14(16)21)12-6-4-3-5-7-12/h3-7,13H,8-11H2,1-2H3,(H2,16,21)(H,17,19). The maximum Gasteiger partial charge on any atom is 0.234 e. The Morgan fingerprint density at radius 3 is 2.57 bits per heavy atom. The third-order valence-corrected chi connectivity index (χ3v) is 3.14. The van der Waals surface area contributed by atoms with Crippen molar-refractivity contribution in [1.82, 2.24) is 10.2 Å². The quantitative estimate of drug-likeness (QED) is 0.520. The van der Waals surface area contributed by atoms with Crippen LogP contribution >= 0.6 is 12.2 Å². The van der Waals surface area contributed by atoms with Crippen LogP contribution < -0.4 is 11.1 Å². The zero-order valence-corrected chi connectivity index (χ0v) is 13.4. The number of nitrogens with one attached hydrogen (secondary N) is 1. The highest BCUT2D eigenvalue weighted by Gasteiger charge is 2.22. The molecule has 0 saturated heterocycles. The van der Waals surface area contributed by atoms with Gasteiger partial charge in [0.1, 0.15) is 5.92 Å². The van der Waals surface area contributed by atoms with Crippen molar-refractivity contribution in [1.29, 1.82) is 0 Å². The lowest BCUT2D eigenvalue weighted by Gasteiger charge is -2.16. The molecular weight excluding hydrogens is 286 g/mol. The van der Waals surface area contributed by atoms with E-state index in [0.717, 1.165) is 12.1 Å². The van der Waals surface area contributed by atoms with Gasteiger partial charge in [0.25, 0.3) is 0 Å². The van der Waals surface area contributed by atoms with Crippen LogP contribution in [0.3, 0.4) is 0 Å². The second-order valence-electron chi connectivity index (χ2n) is 4.95. The van der Waals surface area contributed by atoms with E-state index >= 15 is 0 Å². The topological polar surface area (TPSA) is 67.6 Å². The maximum atomic E-state index is 12.2. The second-order valence-corrected chi connectivity index (χ2v) is 5.42. The smallest absolute Gasteiger partial charge is 0.234 e. The Labute approximate surface area is 131 Å². The number of hydrogen-bond acceptors (Lipinski definition) is 4. The van der Waals surface area contributed by atoms with Gasteiger partial charge in [-0.1, -0.05) is 42.5 Å². The first kappa shape index (κ1) is 17.6. The van der Waals surface area contributed by atoms with Gasteiger partial charge in [-0.2, -0.15) is 0 Å². The first-order chi connectivity index (χ1) is 10.0. The van der Waals surface area contributed by atoms with Crippen LogP contribution in [0.5, 0.6) is 0 Å². The first-order valence-electron chi connectivity index (χ1n) is 6.87. The van der Waals surface area contributed by atoms with E-state index in [2.05, 4.69) is 5.32 Å². The van der Waals surface area contributed by atoms with Crippen LogP contribution in [0.15, 0.2) is 30.3 Å². The summed E-state index contributed by atoms with van der Waals surface area (Å²) in [5, 5.41) is 2.81. The molecule has 0 heterocycles. The summed E-state index contributed by atoms with van der Waals surface area (Å²) in [6, 6.07) is 9.29. The molecule has 0 saturated carbocycles. The van der Waals surface area contributed by atoms with Gasteiger partial charge in [-0.05, 0) is 19.7 Å². The van der Waals surface area contributed by atoms with Gasteiger partial charge in [0.05, 0.1) is 18.2 Å². The maximum absolute atomic E-state index is 12.2. The zero-order chi connectivity index (χ0) is 15.7. The largest absolute Gasteiger partial charge is 0.392 e. The Morgan fingerprint density at radius 1 is 1.33 bits per heavy atom. The van der Waals surface area contributed by atoms with Crippen LogP contribution in [-0.2, 0) is 9.53 Å². The van der Waals surface area contributed by atoms with Gasteiger partial charge in [0.15, 0.2) is 0 Å². The van der Waals surface area contributed by atoms with Crippen LogP contribution in [0.4, 0.5) is 0 Å². The molecule has 1 aromatic rings. The lowest BCUT2D eigenvalue weighted by Crippen LogP contribution is -2.37. The fourth-order valence-electron chi connectivity index (χ4n) is 1.79. The summed E-state index contributed by atoms with van der Waals surface area (Å²) >= 11 is 5.00. The molecule has 1 amide bonds. The SMILES string of the molecule is CN(C)CCOCCNC(=O)C(C(N)=S)c1ccccc1. The van der Waals surface area contributed by atoms with Crippen molar-refractivity contribution in [3.63, 3.8) is 0 Å². The van der Waals surface area contributed by atoms with Crippen molar-refractivity contribution in [3.05, 3.63) is 35.9 Å². The molecule has 0 fully saturated rings.